The zero-order valence-corrected chi connectivity index (χ0v) is 8.40. The molecule has 1 heterocycles. The van der Waals surface area contributed by atoms with Gasteiger partial charge in [-0.3, -0.25) is 0 Å². The van der Waals surface area contributed by atoms with Gasteiger partial charge in [-0.25, -0.2) is 0 Å². The van der Waals surface area contributed by atoms with Crippen LogP contribution in [-0.4, -0.2) is 20.5 Å². The molecule has 0 saturated carbocycles. The summed E-state index contributed by atoms with van der Waals surface area (Å²) >= 11 is 0. The van der Waals surface area contributed by atoms with Crippen LogP contribution in [-0.2, 0) is 19.0 Å². The maximum absolute atomic E-state index is 11.9. The Labute approximate surface area is 84.8 Å². The molecule has 15 heavy (non-hydrogen) atoms. The number of hydrogen-bond donors (Lipinski definition) is 0. The fourth-order valence-electron chi connectivity index (χ4n) is 0.911. The molecule has 0 aromatic heterocycles. The zero-order chi connectivity index (χ0) is 11.5. The predicted octanol–water partition coefficient (Wildman–Crippen LogP) is 1.89. The fraction of sp³-hybridized carbons (Fsp3) is 0.714. The standard InChI is InChI=1S/C7H9F3O4S/c8-7(9,10)15(11,12)14-6-4-2-1-3-5-13-6/h4H,1-3,5H2. The first kappa shape index (κ1) is 12.2. The summed E-state index contributed by atoms with van der Waals surface area (Å²) in [6.45, 7) is 0.152. The van der Waals surface area contributed by atoms with Crippen LogP contribution in [0.3, 0.4) is 0 Å². The molecule has 0 aromatic rings. The molecule has 1 aliphatic heterocycles. The summed E-state index contributed by atoms with van der Waals surface area (Å²) in [5.74, 6) is -0.593. The third-order valence-electron chi connectivity index (χ3n) is 1.63. The van der Waals surface area contributed by atoms with Crippen LogP contribution in [0.1, 0.15) is 19.3 Å². The van der Waals surface area contributed by atoms with Gasteiger partial charge in [0.05, 0.1) is 6.61 Å². The second-order valence-corrected chi connectivity index (χ2v) is 4.39. The van der Waals surface area contributed by atoms with E-state index in [1.165, 1.54) is 6.08 Å². The molecule has 0 bridgehead atoms. The Kier molecular flexibility index (Phi) is 3.48. The van der Waals surface area contributed by atoms with Gasteiger partial charge >= 0.3 is 15.6 Å². The van der Waals surface area contributed by atoms with E-state index >= 15 is 0 Å². The molecule has 4 nitrogen and oxygen atoms in total. The highest BCUT2D eigenvalue weighted by Crippen LogP contribution is 2.27. The van der Waals surface area contributed by atoms with E-state index in [9.17, 15) is 21.6 Å². The first-order chi connectivity index (χ1) is 6.83. The molecule has 0 spiro atoms. The Morgan fingerprint density at radius 2 is 2.00 bits per heavy atom. The van der Waals surface area contributed by atoms with Crippen molar-refractivity contribution in [3.05, 3.63) is 12.0 Å². The van der Waals surface area contributed by atoms with E-state index in [2.05, 4.69) is 4.18 Å². The highest BCUT2D eigenvalue weighted by atomic mass is 32.2. The second-order valence-electron chi connectivity index (χ2n) is 2.85. The maximum Gasteiger partial charge on any atom is 0.534 e. The summed E-state index contributed by atoms with van der Waals surface area (Å²) in [4.78, 5) is 0. The quantitative estimate of drug-likeness (QED) is 0.551. The average molecular weight is 246 g/mol. The van der Waals surface area contributed by atoms with Crippen LogP contribution >= 0.6 is 0 Å². The number of rotatable bonds is 2. The van der Waals surface area contributed by atoms with E-state index in [1.807, 2.05) is 0 Å². The molecule has 1 rings (SSSR count). The molecule has 0 unspecified atom stereocenters. The first-order valence-corrected chi connectivity index (χ1v) is 5.57. The Hall–Kier alpha value is -0.920. The highest BCUT2D eigenvalue weighted by Gasteiger charge is 2.49. The second kappa shape index (κ2) is 4.30. The lowest BCUT2D eigenvalue weighted by atomic mass is 10.2. The van der Waals surface area contributed by atoms with Crippen LogP contribution in [0.25, 0.3) is 0 Å². The van der Waals surface area contributed by atoms with Crippen molar-refractivity contribution >= 4 is 10.1 Å². The van der Waals surface area contributed by atoms with Crippen LogP contribution in [0, 0.1) is 0 Å². The number of allylic oxidation sites excluding steroid dienone is 1. The van der Waals surface area contributed by atoms with Gasteiger partial charge in [0, 0.05) is 0 Å². The Morgan fingerprint density at radius 3 is 2.60 bits per heavy atom. The van der Waals surface area contributed by atoms with Gasteiger partial charge in [-0.2, -0.15) is 21.6 Å². The smallest absolute Gasteiger partial charge is 0.465 e. The van der Waals surface area contributed by atoms with Crippen molar-refractivity contribution in [2.75, 3.05) is 6.61 Å². The molecule has 0 N–H and O–H groups in total. The van der Waals surface area contributed by atoms with E-state index in [0.29, 0.717) is 12.8 Å². The molecule has 88 valence electrons. The molecular weight excluding hydrogens is 237 g/mol. The molecule has 1 aliphatic rings. The summed E-state index contributed by atoms with van der Waals surface area (Å²) in [7, 11) is -5.61. The summed E-state index contributed by atoms with van der Waals surface area (Å²) in [5, 5.41) is 0. The molecule has 0 radical (unpaired) electrons. The highest BCUT2D eigenvalue weighted by molar-refractivity contribution is 7.87. The molecule has 0 aliphatic carbocycles. The third kappa shape index (κ3) is 3.29. The van der Waals surface area contributed by atoms with Crippen molar-refractivity contribution in [1.29, 1.82) is 0 Å². The van der Waals surface area contributed by atoms with Crippen LogP contribution in [0.4, 0.5) is 13.2 Å². The van der Waals surface area contributed by atoms with Crippen molar-refractivity contribution in [3.8, 4) is 0 Å². The topological polar surface area (TPSA) is 52.6 Å². The van der Waals surface area contributed by atoms with Crippen LogP contribution in [0.5, 0.6) is 0 Å². The minimum Gasteiger partial charge on any atom is -0.465 e. The van der Waals surface area contributed by atoms with Crippen LogP contribution in [0.15, 0.2) is 12.0 Å². The molecule has 0 fully saturated rings. The van der Waals surface area contributed by atoms with Crippen LogP contribution < -0.4 is 0 Å². The van der Waals surface area contributed by atoms with Crippen molar-refractivity contribution in [2.24, 2.45) is 0 Å². The molecule has 0 atom stereocenters. The monoisotopic (exact) mass is 246 g/mol. The Balaban J connectivity index is 2.73. The van der Waals surface area contributed by atoms with Gasteiger partial charge in [0.1, 0.15) is 0 Å². The summed E-state index contributed by atoms with van der Waals surface area (Å²) < 4.78 is 65.3. The summed E-state index contributed by atoms with van der Waals surface area (Å²) in [6, 6.07) is 0. The van der Waals surface area contributed by atoms with Gasteiger partial charge < -0.3 is 8.92 Å². The number of halogens is 3. The number of alkyl halides is 3. The SMILES string of the molecule is O=S(=O)(OC1=CCCCCO1)C(F)(F)F. The van der Waals surface area contributed by atoms with Gasteiger partial charge in [0.25, 0.3) is 5.95 Å². The number of ether oxygens (including phenoxy) is 1. The maximum atomic E-state index is 11.9. The lowest BCUT2D eigenvalue weighted by Gasteiger charge is -2.11. The third-order valence-corrected chi connectivity index (χ3v) is 2.58. The zero-order valence-electron chi connectivity index (χ0n) is 7.58. The summed E-state index contributed by atoms with van der Waals surface area (Å²) in [5.41, 5.74) is -5.43. The van der Waals surface area contributed by atoms with E-state index in [1.54, 1.807) is 0 Å². The molecule has 0 saturated heterocycles. The minimum absolute atomic E-state index is 0.152. The van der Waals surface area contributed by atoms with E-state index in [-0.39, 0.29) is 6.61 Å². The lowest BCUT2D eigenvalue weighted by Crippen LogP contribution is -2.25. The normalized spacial score (nSPS) is 18.7. The van der Waals surface area contributed by atoms with E-state index < -0.39 is 21.6 Å². The molecule has 0 aromatic carbocycles. The largest absolute Gasteiger partial charge is 0.534 e. The van der Waals surface area contributed by atoms with E-state index in [4.69, 9.17) is 4.74 Å². The fourth-order valence-corrected chi connectivity index (χ4v) is 1.34. The number of hydrogen-bond acceptors (Lipinski definition) is 4. The molecule has 8 heteroatoms. The predicted molar refractivity (Wildman–Crippen MR) is 43.9 cm³/mol. The van der Waals surface area contributed by atoms with Gasteiger partial charge in [-0.15, -0.1) is 0 Å². The Bertz CT molecular complexity index is 344. The van der Waals surface area contributed by atoms with E-state index in [0.717, 1.165) is 6.42 Å². The first-order valence-electron chi connectivity index (χ1n) is 4.16. The molecular formula is C7H9F3O4S. The Morgan fingerprint density at radius 1 is 1.33 bits per heavy atom. The van der Waals surface area contributed by atoms with Crippen molar-refractivity contribution in [3.63, 3.8) is 0 Å². The van der Waals surface area contributed by atoms with Gasteiger partial charge in [0.15, 0.2) is 0 Å². The van der Waals surface area contributed by atoms with Gasteiger partial charge in [0.2, 0.25) is 0 Å². The van der Waals surface area contributed by atoms with Gasteiger partial charge in [-0.05, 0) is 25.3 Å². The van der Waals surface area contributed by atoms with Gasteiger partial charge in [-0.1, -0.05) is 0 Å². The summed E-state index contributed by atoms with van der Waals surface area (Å²) in [6.07, 6.45) is 2.99. The van der Waals surface area contributed by atoms with Crippen molar-refractivity contribution in [1.82, 2.24) is 0 Å². The molecule has 0 amide bonds. The van der Waals surface area contributed by atoms with Crippen molar-refractivity contribution in [2.45, 2.75) is 24.8 Å². The minimum atomic E-state index is -5.61. The van der Waals surface area contributed by atoms with Crippen molar-refractivity contribution < 1.29 is 30.5 Å². The lowest BCUT2D eigenvalue weighted by molar-refractivity contribution is -0.0561. The average Bonchev–Trinajstić information content (AvgIpc) is 2.30. The van der Waals surface area contributed by atoms with Crippen LogP contribution in [0.2, 0.25) is 0 Å².